The number of anilines is 1. The predicted molar refractivity (Wildman–Crippen MR) is 88.6 cm³/mol. The summed E-state index contributed by atoms with van der Waals surface area (Å²) < 4.78 is 0. The van der Waals surface area contributed by atoms with E-state index >= 15 is 0 Å². The SMILES string of the molecule is NCC1CCC(C(=O)NC(Cc2cccc(N)c2)C(=O)O)CC1. The number of benzene rings is 1. The van der Waals surface area contributed by atoms with Gasteiger partial charge in [-0.15, -0.1) is 0 Å². The summed E-state index contributed by atoms with van der Waals surface area (Å²) in [5, 5.41) is 12.0. The van der Waals surface area contributed by atoms with E-state index in [0.29, 0.717) is 18.2 Å². The van der Waals surface area contributed by atoms with E-state index in [1.165, 1.54) is 0 Å². The van der Waals surface area contributed by atoms with Crippen LogP contribution in [0.5, 0.6) is 0 Å². The highest BCUT2D eigenvalue weighted by Crippen LogP contribution is 2.28. The van der Waals surface area contributed by atoms with Gasteiger partial charge in [0, 0.05) is 18.0 Å². The Morgan fingerprint density at radius 1 is 1.26 bits per heavy atom. The van der Waals surface area contributed by atoms with Gasteiger partial charge >= 0.3 is 5.97 Å². The fourth-order valence-corrected chi connectivity index (χ4v) is 3.11. The summed E-state index contributed by atoms with van der Waals surface area (Å²) >= 11 is 0. The number of nitrogens with one attached hydrogen (secondary N) is 1. The van der Waals surface area contributed by atoms with Crippen LogP contribution in [0.2, 0.25) is 0 Å². The van der Waals surface area contributed by atoms with Crippen LogP contribution < -0.4 is 16.8 Å². The van der Waals surface area contributed by atoms with Gasteiger partial charge in [0.2, 0.25) is 5.91 Å². The van der Waals surface area contributed by atoms with Crippen LogP contribution in [0.15, 0.2) is 24.3 Å². The number of carbonyl (C=O) groups is 2. The Balaban J connectivity index is 1.94. The van der Waals surface area contributed by atoms with Crippen molar-refractivity contribution in [2.45, 2.75) is 38.1 Å². The first kappa shape index (κ1) is 17.3. The highest BCUT2D eigenvalue weighted by Gasteiger charge is 2.29. The zero-order valence-corrected chi connectivity index (χ0v) is 13.2. The lowest BCUT2D eigenvalue weighted by Crippen LogP contribution is -2.45. The number of hydrogen-bond donors (Lipinski definition) is 4. The molecule has 0 aromatic heterocycles. The van der Waals surface area contributed by atoms with Crippen molar-refractivity contribution in [3.05, 3.63) is 29.8 Å². The number of aliphatic carboxylic acids is 1. The largest absolute Gasteiger partial charge is 0.480 e. The van der Waals surface area contributed by atoms with Crippen LogP contribution in [-0.4, -0.2) is 29.6 Å². The summed E-state index contributed by atoms with van der Waals surface area (Å²) in [5.74, 6) is -0.824. The van der Waals surface area contributed by atoms with Crippen LogP contribution in [0.4, 0.5) is 5.69 Å². The Bertz CT molecular complexity index is 554. The first-order chi connectivity index (χ1) is 11.0. The minimum atomic E-state index is -1.03. The van der Waals surface area contributed by atoms with Gasteiger partial charge in [-0.2, -0.15) is 0 Å². The number of hydrogen-bond acceptors (Lipinski definition) is 4. The molecule has 1 aromatic carbocycles. The third-order valence-corrected chi connectivity index (χ3v) is 4.56. The molecule has 0 bridgehead atoms. The molecule has 1 atom stereocenters. The monoisotopic (exact) mass is 319 g/mol. The van der Waals surface area contributed by atoms with Crippen LogP contribution >= 0.6 is 0 Å². The third-order valence-electron chi connectivity index (χ3n) is 4.56. The van der Waals surface area contributed by atoms with Crippen LogP contribution in [0.3, 0.4) is 0 Å². The minimum absolute atomic E-state index is 0.111. The first-order valence-electron chi connectivity index (χ1n) is 8.07. The van der Waals surface area contributed by atoms with E-state index in [9.17, 15) is 14.7 Å². The average molecular weight is 319 g/mol. The minimum Gasteiger partial charge on any atom is -0.480 e. The van der Waals surface area contributed by atoms with Crippen molar-refractivity contribution in [2.24, 2.45) is 17.6 Å². The number of rotatable bonds is 6. The molecule has 1 aliphatic rings. The van der Waals surface area contributed by atoms with Crippen molar-refractivity contribution >= 4 is 17.6 Å². The Morgan fingerprint density at radius 3 is 2.52 bits per heavy atom. The lowest BCUT2D eigenvalue weighted by Gasteiger charge is -2.27. The molecule has 126 valence electrons. The fraction of sp³-hybridized carbons (Fsp3) is 0.529. The molecular weight excluding hydrogens is 294 g/mol. The molecule has 1 unspecified atom stereocenters. The van der Waals surface area contributed by atoms with Gasteiger partial charge in [0.1, 0.15) is 6.04 Å². The highest BCUT2D eigenvalue weighted by molar-refractivity contribution is 5.85. The van der Waals surface area contributed by atoms with E-state index in [1.54, 1.807) is 18.2 Å². The smallest absolute Gasteiger partial charge is 0.326 e. The van der Waals surface area contributed by atoms with E-state index in [-0.39, 0.29) is 18.2 Å². The van der Waals surface area contributed by atoms with Crippen molar-refractivity contribution in [3.8, 4) is 0 Å². The van der Waals surface area contributed by atoms with Crippen molar-refractivity contribution in [1.82, 2.24) is 5.32 Å². The van der Waals surface area contributed by atoms with Crippen molar-refractivity contribution < 1.29 is 14.7 Å². The lowest BCUT2D eigenvalue weighted by atomic mass is 9.81. The fourth-order valence-electron chi connectivity index (χ4n) is 3.11. The van der Waals surface area contributed by atoms with E-state index in [0.717, 1.165) is 31.2 Å². The molecule has 1 aliphatic carbocycles. The summed E-state index contributed by atoms with van der Waals surface area (Å²) in [6.45, 7) is 0.654. The van der Waals surface area contributed by atoms with Crippen molar-refractivity contribution in [3.63, 3.8) is 0 Å². The summed E-state index contributed by atoms with van der Waals surface area (Å²) in [6, 6.07) is 6.13. The maximum atomic E-state index is 12.3. The van der Waals surface area contributed by atoms with Gasteiger partial charge in [0.05, 0.1) is 0 Å². The number of nitrogen functional groups attached to an aromatic ring is 1. The average Bonchev–Trinajstić information content (AvgIpc) is 2.54. The van der Waals surface area contributed by atoms with E-state index < -0.39 is 12.0 Å². The standard InChI is InChI=1S/C17H25N3O3/c18-10-11-4-6-13(7-5-11)16(21)20-15(17(22)23)9-12-2-1-3-14(19)8-12/h1-3,8,11,13,15H,4-7,9-10,18-19H2,(H,20,21)(H,22,23). The molecule has 6 heteroatoms. The number of carboxylic acid groups (broad SMARTS) is 1. The van der Waals surface area contributed by atoms with Crippen molar-refractivity contribution in [1.29, 1.82) is 0 Å². The second-order valence-corrected chi connectivity index (χ2v) is 6.30. The maximum Gasteiger partial charge on any atom is 0.326 e. The maximum absolute atomic E-state index is 12.3. The lowest BCUT2D eigenvalue weighted by molar-refractivity contribution is -0.142. The van der Waals surface area contributed by atoms with Gasteiger partial charge in [0.25, 0.3) is 0 Å². The van der Waals surface area contributed by atoms with Crippen LogP contribution in [-0.2, 0) is 16.0 Å². The number of carboxylic acids is 1. The summed E-state index contributed by atoms with van der Waals surface area (Å²) in [5.41, 5.74) is 12.7. The van der Waals surface area contributed by atoms with Gasteiger partial charge in [0.15, 0.2) is 0 Å². The van der Waals surface area contributed by atoms with E-state index in [1.807, 2.05) is 6.07 Å². The normalized spacial score (nSPS) is 22.3. The summed E-state index contributed by atoms with van der Waals surface area (Å²) in [7, 11) is 0. The second kappa shape index (κ2) is 7.97. The van der Waals surface area contributed by atoms with Crippen molar-refractivity contribution in [2.75, 3.05) is 12.3 Å². The zero-order valence-electron chi connectivity index (χ0n) is 13.2. The molecular formula is C17H25N3O3. The van der Waals surface area contributed by atoms with Gasteiger partial charge in [-0.05, 0) is 55.8 Å². The molecule has 0 saturated heterocycles. The number of amides is 1. The molecule has 0 spiro atoms. The highest BCUT2D eigenvalue weighted by atomic mass is 16.4. The van der Waals surface area contributed by atoms with Gasteiger partial charge in [-0.25, -0.2) is 4.79 Å². The second-order valence-electron chi connectivity index (χ2n) is 6.30. The molecule has 0 radical (unpaired) electrons. The topological polar surface area (TPSA) is 118 Å². The molecule has 1 fully saturated rings. The Labute approximate surface area is 136 Å². The number of carbonyl (C=O) groups excluding carboxylic acids is 1. The van der Waals surface area contributed by atoms with Gasteiger partial charge in [-0.3, -0.25) is 4.79 Å². The van der Waals surface area contributed by atoms with Gasteiger partial charge in [-0.1, -0.05) is 12.1 Å². The summed E-state index contributed by atoms with van der Waals surface area (Å²) in [6.07, 6.45) is 3.64. The quantitative estimate of drug-likeness (QED) is 0.586. The third kappa shape index (κ3) is 4.96. The van der Waals surface area contributed by atoms with Crippen LogP contribution in [0.1, 0.15) is 31.2 Å². The summed E-state index contributed by atoms with van der Waals surface area (Å²) in [4.78, 5) is 23.8. The molecule has 0 aliphatic heterocycles. The Kier molecular flexibility index (Phi) is 5.98. The molecule has 6 nitrogen and oxygen atoms in total. The molecule has 6 N–H and O–H groups in total. The van der Waals surface area contributed by atoms with Crippen LogP contribution in [0.25, 0.3) is 0 Å². The molecule has 1 aromatic rings. The molecule has 0 heterocycles. The van der Waals surface area contributed by atoms with E-state index in [2.05, 4.69) is 5.32 Å². The Hall–Kier alpha value is -2.08. The molecule has 23 heavy (non-hydrogen) atoms. The first-order valence-corrected chi connectivity index (χ1v) is 8.07. The predicted octanol–water partition coefficient (Wildman–Crippen LogP) is 1.15. The van der Waals surface area contributed by atoms with E-state index in [4.69, 9.17) is 11.5 Å². The zero-order chi connectivity index (χ0) is 16.8. The Morgan fingerprint density at radius 2 is 1.96 bits per heavy atom. The van der Waals surface area contributed by atoms with Gasteiger partial charge < -0.3 is 21.9 Å². The molecule has 2 rings (SSSR count). The molecule has 1 amide bonds. The molecule has 1 saturated carbocycles. The van der Waals surface area contributed by atoms with Crippen LogP contribution in [0, 0.1) is 11.8 Å². The number of nitrogens with two attached hydrogens (primary N) is 2.